The Hall–Kier alpha value is -2.11. The van der Waals surface area contributed by atoms with Crippen molar-refractivity contribution in [3.05, 3.63) is 68.8 Å². The summed E-state index contributed by atoms with van der Waals surface area (Å²) in [6.07, 6.45) is 0.697. The second-order valence-electron chi connectivity index (χ2n) is 5.35. The van der Waals surface area contributed by atoms with E-state index in [0.29, 0.717) is 24.6 Å². The van der Waals surface area contributed by atoms with Crippen molar-refractivity contribution < 1.29 is 4.74 Å². The second-order valence-corrected chi connectivity index (χ2v) is 7.07. The van der Waals surface area contributed by atoms with E-state index in [0.717, 1.165) is 16.3 Å². The number of aryl methyl sites for hydroxylation is 2. The van der Waals surface area contributed by atoms with Gasteiger partial charge < -0.3 is 4.74 Å². The van der Waals surface area contributed by atoms with Crippen molar-refractivity contribution in [1.29, 1.82) is 0 Å². The second kappa shape index (κ2) is 7.64. The molecule has 0 saturated carbocycles. The van der Waals surface area contributed by atoms with Crippen molar-refractivity contribution >= 4 is 22.9 Å². The largest absolute Gasteiger partial charge is 0.494 e. The molecule has 0 atom stereocenters. The van der Waals surface area contributed by atoms with Gasteiger partial charge in [0.15, 0.2) is 0 Å². The van der Waals surface area contributed by atoms with E-state index in [2.05, 4.69) is 18.1 Å². The van der Waals surface area contributed by atoms with Gasteiger partial charge in [-0.25, -0.2) is 4.68 Å². The molecule has 124 valence electrons. The Morgan fingerprint density at radius 3 is 2.62 bits per heavy atom. The van der Waals surface area contributed by atoms with Crippen LogP contribution in [0.1, 0.15) is 11.3 Å². The van der Waals surface area contributed by atoms with Crippen molar-refractivity contribution in [2.24, 2.45) is 0 Å². The Kier molecular flexibility index (Phi) is 5.33. The molecule has 0 bridgehead atoms. The number of ether oxygens (including phenoxy) is 1. The minimum Gasteiger partial charge on any atom is -0.494 e. The Bertz CT molecular complexity index is 871. The number of thiophene rings is 1. The Labute approximate surface area is 149 Å². The van der Waals surface area contributed by atoms with Crippen LogP contribution < -0.4 is 10.3 Å². The zero-order valence-electron chi connectivity index (χ0n) is 13.2. The molecule has 2 heterocycles. The first kappa shape index (κ1) is 16.7. The molecule has 24 heavy (non-hydrogen) atoms. The molecule has 0 spiro atoms. The van der Waals surface area contributed by atoms with Crippen molar-refractivity contribution in [3.8, 4) is 16.3 Å². The van der Waals surface area contributed by atoms with Crippen LogP contribution in [0.3, 0.4) is 0 Å². The molecule has 1 aromatic carbocycles. The van der Waals surface area contributed by atoms with Crippen LogP contribution in [0.4, 0.5) is 0 Å². The van der Waals surface area contributed by atoms with Gasteiger partial charge in [0.1, 0.15) is 11.4 Å². The highest BCUT2D eigenvalue weighted by molar-refractivity contribution is 7.15. The first-order valence-corrected chi connectivity index (χ1v) is 8.84. The number of rotatable bonds is 6. The van der Waals surface area contributed by atoms with Crippen LogP contribution in [0.25, 0.3) is 10.6 Å². The average Bonchev–Trinajstić information content (AvgIpc) is 3.01. The molecule has 0 amide bonds. The lowest BCUT2D eigenvalue weighted by atomic mass is 10.3. The predicted octanol–water partition coefficient (Wildman–Crippen LogP) is 4.40. The highest BCUT2D eigenvalue weighted by Gasteiger charge is 2.05. The molecule has 0 saturated heterocycles. The fourth-order valence-electron chi connectivity index (χ4n) is 2.25. The number of nitrogens with zero attached hydrogens (tertiary/aromatic N) is 2. The molecule has 0 fully saturated rings. The summed E-state index contributed by atoms with van der Waals surface area (Å²) in [7, 11) is 0. The standard InChI is InChI=1S/C18H17ClN2O2S/c1-13-3-9-17(24-13)16-8-10-18(22)21(20-16)11-2-12-23-15-6-4-14(19)5-7-15/h3-10H,2,11-12H2,1H3. The van der Waals surface area contributed by atoms with Gasteiger partial charge in [-0.15, -0.1) is 11.3 Å². The quantitative estimate of drug-likeness (QED) is 0.612. The van der Waals surface area contributed by atoms with Gasteiger partial charge in [0.2, 0.25) is 0 Å². The molecule has 0 radical (unpaired) electrons. The van der Waals surface area contributed by atoms with Gasteiger partial charge in [-0.2, -0.15) is 5.10 Å². The minimum absolute atomic E-state index is 0.0986. The summed E-state index contributed by atoms with van der Waals surface area (Å²) in [6, 6.07) is 14.6. The van der Waals surface area contributed by atoms with Crippen LogP contribution in [0, 0.1) is 6.92 Å². The summed E-state index contributed by atoms with van der Waals surface area (Å²) in [6.45, 7) is 3.08. The lowest BCUT2D eigenvalue weighted by Gasteiger charge is -2.08. The Morgan fingerprint density at radius 2 is 1.92 bits per heavy atom. The van der Waals surface area contributed by atoms with Gasteiger partial charge in [-0.05, 0) is 49.4 Å². The third-order valence-electron chi connectivity index (χ3n) is 3.46. The predicted molar refractivity (Wildman–Crippen MR) is 98.1 cm³/mol. The minimum atomic E-state index is -0.0986. The number of benzene rings is 1. The summed E-state index contributed by atoms with van der Waals surface area (Å²) in [4.78, 5) is 14.2. The Balaban J connectivity index is 1.60. The van der Waals surface area contributed by atoms with Gasteiger partial charge >= 0.3 is 0 Å². The van der Waals surface area contributed by atoms with E-state index in [-0.39, 0.29) is 5.56 Å². The summed E-state index contributed by atoms with van der Waals surface area (Å²) in [5, 5.41) is 5.13. The first-order valence-electron chi connectivity index (χ1n) is 7.65. The van der Waals surface area contributed by atoms with E-state index in [1.165, 1.54) is 9.56 Å². The van der Waals surface area contributed by atoms with Crippen LogP contribution in [-0.2, 0) is 6.54 Å². The Morgan fingerprint density at radius 1 is 1.12 bits per heavy atom. The monoisotopic (exact) mass is 360 g/mol. The first-order chi connectivity index (χ1) is 11.6. The zero-order valence-corrected chi connectivity index (χ0v) is 14.8. The maximum Gasteiger partial charge on any atom is 0.266 e. The van der Waals surface area contributed by atoms with Crippen LogP contribution in [0.15, 0.2) is 53.3 Å². The third kappa shape index (κ3) is 4.24. The van der Waals surface area contributed by atoms with E-state index in [9.17, 15) is 4.79 Å². The van der Waals surface area contributed by atoms with E-state index in [4.69, 9.17) is 16.3 Å². The average molecular weight is 361 g/mol. The highest BCUT2D eigenvalue weighted by Crippen LogP contribution is 2.25. The molecule has 0 N–H and O–H groups in total. The molecule has 0 aliphatic heterocycles. The van der Waals surface area contributed by atoms with Crippen molar-refractivity contribution in [3.63, 3.8) is 0 Å². The SMILES string of the molecule is Cc1ccc(-c2ccc(=O)n(CCCOc3ccc(Cl)cc3)n2)s1. The maximum atomic E-state index is 12.0. The number of halogens is 1. The lowest BCUT2D eigenvalue weighted by Crippen LogP contribution is -2.23. The van der Waals surface area contributed by atoms with E-state index in [1.807, 2.05) is 18.2 Å². The van der Waals surface area contributed by atoms with Crippen LogP contribution in [0.2, 0.25) is 5.02 Å². The highest BCUT2D eigenvalue weighted by atomic mass is 35.5. The smallest absolute Gasteiger partial charge is 0.266 e. The molecule has 3 rings (SSSR count). The molecular formula is C18H17ClN2O2S. The number of hydrogen-bond donors (Lipinski definition) is 0. The molecule has 3 aromatic rings. The van der Waals surface area contributed by atoms with Gasteiger partial charge in [0.05, 0.1) is 11.5 Å². The van der Waals surface area contributed by atoms with Crippen LogP contribution >= 0.6 is 22.9 Å². The molecule has 2 aromatic heterocycles. The van der Waals surface area contributed by atoms with E-state index >= 15 is 0 Å². The van der Waals surface area contributed by atoms with Crippen LogP contribution in [0.5, 0.6) is 5.75 Å². The summed E-state index contributed by atoms with van der Waals surface area (Å²) >= 11 is 7.51. The summed E-state index contributed by atoms with van der Waals surface area (Å²) in [5.74, 6) is 0.766. The van der Waals surface area contributed by atoms with Gasteiger partial charge in [0, 0.05) is 28.9 Å². The summed E-state index contributed by atoms with van der Waals surface area (Å²) < 4.78 is 7.14. The number of hydrogen-bond acceptors (Lipinski definition) is 4. The molecule has 4 nitrogen and oxygen atoms in total. The molecule has 6 heteroatoms. The normalized spacial score (nSPS) is 10.8. The topological polar surface area (TPSA) is 44.1 Å². The van der Waals surface area contributed by atoms with Crippen LogP contribution in [-0.4, -0.2) is 16.4 Å². The molecule has 0 aliphatic rings. The zero-order chi connectivity index (χ0) is 16.9. The third-order valence-corrected chi connectivity index (χ3v) is 4.73. The van der Waals surface area contributed by atoms with Crippen molar-refractivity contribution in [2.45, 2.75) is 19.9 Å². The van der Waals surface area contributed by atoms with Gasteiger partial charge in [-0.1, -0.05) is 11.6 Å². The number of aromatic nitrogens is 2. The fraction of sp³-hybridized carbons (Fsp3) is 0.222. The van der Waals surface area contributed by atoms with Gasteiger partial charge in [0.25, 0.3) is 5.56 Å². The molecule has 0 aliphatic carbocycles. The molecular weight excluding hydrogens is 344 g/mol. The van der Waals surface area contributed by atoms with Crippen molar-refractivity contribution in [1.82, 2.24) is 9.78 Å². The maximum absolute atomic E-state index is 12.0. The van der Waals surface area contributed by atoms with E-state index in [1.54, 1.807) is 35.6 Å². The fourth-order valence-corrected chi connectivity index (χ4v) is 3.21. The summed E-state index contributed by atoms with van der Waals surface area (Å²) in [5.41, 5.74) is 0.727. The molecule has 0 unspecified atom stereocenters. The lowest BCUT2D eigenvalue weighted by molar-refractivity contribution is 0.297. The van der Waals surface area contributed by atoms with Gasteiger partial charge in [-0.3, -0.25) is 4.79 Å². The van der Waals surface area contributed by atoms with Crippen molar-refractivity contribution in [2.75, 3.05) is 6.61 Å². The van der Waals surface area contributed by atoms with E-state index < -0.39 is 0 Å².